The SMILES string of the molecule is CCC(CC)N1C(=O)CC(NCCc2cnc[nH]2)C1=O. The highest BCUT2D eigenvalue weighted by Gasteiger charge is 2.40. The van der Waals surface area contributed by atoms with Crippen molar-refractivity contribution in [1.82, 2.24) is 20.2 Å². The molecular formula is C14H22N4O2. The summed E-state index contributed by atoms with van der Waals surface area (Å²) in [4.78, 5) is 32.7. The highest BCUT2D eigenvalue weighted by atomic mass is 16.2. The molecule has 1 fully saturated rings. The molecule has 1 atom stereocenters. The van der Waals surface area contributed by atoms with Crippen LogP contribution in [0.4, 0.5) is 0 Å². The Morgan fingerprint density at radius 2 is 2.20 bits per heavy atom. The van der Waals surface area contributed by atoms with Gasteiger partial charge >= 0.3 is 0 Å². The van der Waals surface area contributed by atoms with Gasteiger partial charge in [0, 0.05) is 30.9 Å². The zero-order chi connectivity index (χ0) is 14.5. The summed E-state index contributed by atoms with van der Waals surface area (Å²) in [7, 11) is 0. The lowest BCUT2D eigenvalue weighted by Gasteiger charge is -2.24. The number of hydrogen-bond donors (Lipinski definition) is 2. The van der Waals surface area contributed by atoms with Crippen LogP contribution in [-0.4, -0.2) is 45.3 Å². The second-order valence-electron chi connectivity index (χ2n) is 5.11. The maximum atomic E-state index is 12.3. The summed E-state index contributed by atoms with van der Waals surface area (Å²) in [6, 6.07) is -0.333. The molecule has 1 aliphatic heterocycles. The molecule has 2 heterocycles. The number of rotatable bonds is 7. The van der Waals surface area contributed by atoms with Gasteiger partial charge in [-0.1, -0.05) is 13.8 Å². The van der Waals surface area contributed by atoms with Gasteiger partial charge in [-0.05, 0) is 12.8 Å². The summed E-state index contributed by atoms with van der Waals surface area (Å²) < 4.78 is 0. The van der Waals surface area contributed by atoms with Gasteiger partial charge in [0.2, 0.25) is 11.8 Å². The number of H-pyrrole nitrogens is 1. The van der Waals surface area contributed by atoms with Crippen molar-refractivity contribution in [2.75, 3.05) is 6.54 Å². The minimum absolute atomic E-state index is 0.0365. The third kappa shape index (κ3) is 3.07. The lowest BCUT2D eigenvalue weighted by Crippen LogP contribution is -2.44. The average Bonchev–Trinajstić information content (AvgIpc) is 3.04. The number of likely N-dealkylation sites (tertiary alicyclic amines) is 1. The van der Waals surface area contributed by atoms with E-state index >= 15 is 0 Å². The number of amides is 2. The fraction of sp³-hybridized carbons (Fsp3) is 0.643. The first kappa shape index (κ1) is 14.7. The first-order valence-electron chi connectivity index (χ1n) is 7.23. The van der Waals surface area contributed by atoms with Crippen molar-refractivity contribution in [3.8, 4) is 0 Å². The Morgan fingerprint density at radius 1 is 1.45 bits per heavy atom. The van der Waals surface area contributed by atoms with Crippen LogP contribution >= 0.6 is 0 Å². The summed E-state index contributed by atoms with van der Waals surface area (Å²) in [5.74, 6) is -0.129. The molecule has 20 heavy (non-hydrogen) atoms. The van der Waals surface area contributed by atoms with E-state index in [4.69, 9.17) is 0 Å². The number of imide groups is 1. The van der Waals surface area contributed by atoms with Crippen LogP contribution in [0.1, 0.15) is 38.8 Å². The number of carbonyl (C=O) groups is 2. The molecule has 2 rings (SSSR count). The Morgan fingerprint density at radius 3 is 2.80 bits per heavy atom. The minimum Gasteiger partial charge on any atom is -0.348 e. The van der Waals surface area contributed by atoms with Gasteiger partial charge in [-0.15, -0.1) is 0 Å². The molecular weight excluding hydrogens is 256 g/mol. The molecule has 1 aromatic rings. The molecule has 0 saturated carbocycles. The predicted octanol–water partition coefficient (Wildman–Crippen LogP) is 0.858. The number of aromatic nitrogens is 2. The monoisotopic (exact) mass is 278 g/mol. The van der Waals surface area contributed by atoms with Crippen LogP contribution in [0.3, 0.4) is 0 Å². The van der Waals surface area contributed by atoms with E-state index in [2.05, 4.69) is 15.3 Å². The van der Waals surface area contributed by atoms with Gasteiger partial charge < -0.3 is 10.3 Å². The van der Waals surface area contributed by atoms with Crippen LogP contribution in [-0.2, 0) is 16.0 Å². The number of aromatic amines is 1. The van der Waals surface area contributed by atoms with Crippen LogP contribution in [0.2, 0.25) is 0 Å². The molecule has 1 saturated heterocycles. The van der Waals surface area contributed by atoms with Crippen LogP contribution in [0.25, 0.3) is 0 Å². The lowest BCUT2D eigenvalue weighted by molar-refractivity contribution is -0.141. The van der Waals surface area contributed by atoms with E-state index in [1.165, 1.54) is 4.90 Å². The molecule has 1 aromatic heterocycles. The third-order valence-electron chi connectivity index (χ3n) is 3.83. The fourth-order valence-corrected chi connectivity index (χ4v) is 2.65. The Hall–Kier alpha value is -1.69. The minimum atomic E-state index is -0.369. The van der Waals surface area contributed by atoms with Gasteiger partial charge in [-0.25, -0.2) is 4.98 Å². The summed E-state index contributed by atoms with van der Waals surface area (Å²) in [5.41, 5.74) is 1.02. The largest absolute Gasteiger partial charge is 0.348 e. The number of nitrogens with zero attached hydrogens (tertiary/aromatic N) is 2. The van der Waals surface area contributed by atoms with Crippen LogP contribution in [0.5, 0.6) is 0 Å². The first-order valence-corrected chi connectivity index (χ1v) is 7.23. The highest BCUT2D eigenvalue weighted by molar-refractivity contribution is 6.05. The maximum absolute atomic E-state index is 12.3. The number of nitrogens with one attached hydrogen (secondary N) is 2. The maximum Gasteiger partial charge on any atom is 0.247 e. The van der Waals surface area contributed by atoms with Crippen molar-refractivity contribution < 1.29 is 9.59 Å². The lowest BCUT2D eigenvalue weighted by atomic mass is 10.1. The molecule has 0 spiro atoms. The molecule has 0 radical (unpaired) electrons. The highest BCUT2D eigenvalue weighted by Crippen LogP contribution is 2.20. The van der Waals surface area contributed by atoms with Crippen molar-refractivity contribution in [1.29, 1.82) is 0 Å². The van der Waals surface area contributed by atoms with Gasteiger partial charge in [-0.2, -0.15) is 0 Å². The van der Waals surface area contributed by atoms with Crippen molar-refractivity contribution >= 4 is 11.8 Å². The average molecular weight is 278 g/mol. The Labute approximate surface area is 119 Å². The number of carbonyl (C=O) groups excluding carboxylic acids is 2. The quantitative estimate of drug-likeness (QED) is 0.725. The third-order valence-corrected chi connectivity index (χ3v) is 3.83. The summed E-state index contributed by atoms with van der Waals surface area (Å²) in [6.07, 6.45) is 6.07. The summed E-state index contributed by atoms with van der Waals surface area (Å²) in [5, 5.41) is 3.17. The van der Waals surface area contributed by atoms with Gasteiger partial charge in [0.15, 0.2) is 0 Å². The smallest absolute Gasteiger partial charge is 0.247 e. The topological polar surface area (TPSA) is 78.1 Å². The zero-order valence-corrected chi connectivity index (χ0v) is 12.1. The van der Waals surface area contributed by atoms with Gasteiger partial charge in [0.1, 0.15) is 0 Å². The van der Waals surface area contributed by atoms with Crippen molar-refractivity contribution in [2.24, 2.45) is 0 Å². The Kier molecular flexibility index (Phi) is 4.89. The molecule has 1 aliphatic rings. The van der Waals surface area contributed by atoms with E-state index in [0.29, 0.717) is 6.54 Å². The van der Waals surface area contributed by atoms with Crippen LogP contribution in [0.15, 0.2) is 12.5 Å². The number of imidazole rings is 1. The van der Waals surface area contributed by atoms with E-state index in [1.807, 2.05) is 13.8 Å². The van der Waals surface area contributed by atoms with E-state index in [-0.39, 0.29) is 30.3 Å². The molecule has 2 amide bonds. The standard InChI is InChI=1S/C14H22N4O2/c1-3-11(4-2)18-13(19)7-12(14(18)20)16-6-5-10-8-15-9-17-10/h8-9,11-12,16H,3-7H2,1-2H3,(H,15,17). The Balaban J connectivity index is 1.87. The first-order chi connectivity index (χ1) is 9.67. The van der Waals surface area contributed by atoms with Gasteiger partial charge in [0.25, 0.3) is 0 Å². The number of hydrogen-bond acceptors (Lipinski definition) is 4. The molecule has 0 aliphatic carbocycles. The van der Waals surface area contributed by atoms with E-state index in [1.54, 1.807) is 12.5 Å². The second kappa shape index (κ2) is 6.65. The zero-order valence-electron chi connectivity index (χ0n) is 12.1. The molecule has 6 nitrogen and oxygen atoms in total. The van der Waals surface area contributed by atoms with Gasteiger partial charge in [-0.3, -0.25) is 14.5 Å². The summed E-state index contributed by atoms with van der Waals surface area (Å²) >= 11 is 0. The second-order valence-corrected chi connectivity index (χ2v) is 5.11. The molecule has 0 bridgehead atoms. The van der Waals surface area contributed by atoms with Crippen LogP contribution in [0, 0.1) is 0 Å². The van der Waals surface area contributed by atoms with E-state index in [0.717, 1.165) is 25.0 Å². The van der Waals surface area contributed by atoms with Crippen molar-refractivity contribution in [3.63, 3.8) is 0 Å². The van der Waals surface area contributed by atoms with Crippen molar-refractivity contribution in [3.05, 3.63) is 18.2 Å². The van der Waals surface area contributed by atoms with E-state index in [9.17, 15) is 9.59 Å². The van der Waals surface area contributed by atoms with E-state index < -0.39 is 0 Å². The predicted molar refractivity (Wildman–Crippen MR) is 74.9 cm³/mol. The van der Waals surface area contributed by atoms with Gasteiger partial charge in [0.05, 0.1) is 18.8 Å². The van der Waals surface area contributed by atoms with Crippen molar-refractivity contribution in [2.45, 2.75) is 51.6 Å². The molecule has 110 valence electrons. The normalized spacial score (nSPS) is 19.4. The van der Waals surface area contributed by atoms with Crippen LogP contribution < -0.4 is 5.32 Å². The molecule has 2 N–H and O–H groups in total. The molecule has 1 unspecified atom stereocenters. The molecule has 0 aromatic carbocycles. The summed E-state index contributed by atoms with van der Waals surface area (Å²) in [6.45, 7) is 4.67. The fourth-order valence-electron chi connectivity index (χ4n) is 2.65. The Bertz CT molecular complexity index is 454. The molecule has 6 heteroatoms.